The Balaban J connectivity index is 1.29. The van der Waals surface area contributed by atoms with E-state index in [-0.39, 0.29) is 0 Å². The molecule has 0 atom stereocenters. The number of furan rings is 1. The Morgan fingerprint density at radius 3 is 2.68 bits per heavy atom. The van der Waals surface area contributed by atoms with Gasteiger partial charge in [0.1, 0.15) is 5.69 Å². The first kappa shape index (κ1) is 18.6. The molecule has 5 nitrogen and oxygen atoms in total. The van der Waals surface area contributed by atoms with E-state index in [0.717, 1.165) is 43.0 Å². The molecule has 0 saturated carbocycles. The normalized spacial score (nSPS) is 18.2. The second-order valence-corrected chi connectivity index (χ2v) is 7.72. The third-order valence-electron chi connectivity index (χ3n) is 5.74. The number of rotatable bonds is 6. The smallest absolute Gasteiger partial charge is 0.175 e. The van der Waals surface area contributed by atoms with Gasteiger partial charge < -0.3 is 19.3 Å². The average Bonchev–Trinajstić information content (AvgIpc) is 3.19. The number of benzene rings is 1. The van der Waals surface area contributed by atoms with Gasteiger partial charge in [-0.1, -0.05) is 43.5 Å². The van der Waals surface area contributed by atoms with E-state index in [9.17, 15) is 5.11 Å². The van der Waals surface area contributed by atoms with E-state index < -0.39 is 5.60 Å². The van der Waals surface area contributed by atoms with Crippen LogP contribution in [-0.4, -0.2) is 46.5 Å². The van der Waals surface area contributed by atoms with E-state index in [0.29, 0.717) is 25.1 Å². The topological polar surface area (TPSA) is 52.2 Å². The highest BCUT2D eigenvalue weighted by atomic mass is 16.3. The lowest BCUT2D eigenvalue weighted by molar-refractivity contribution is -0.0217. The van der Waals surface area contributed by atoms with Crippen LogP contribution in [0.4, 0.5) is 5.69 Å². The summed E-state index contributed by atoms with van der Waals surface area (Å²) in [6.07, 6.45) is 6.68. The number of aryl methyl sites for hydroxylation is 1. The quantitative estimate of drug-likeness (QED) is 0.820. The van der Waals surface area contributed by atoms with Gasteiger partial charge >= 0.3 is 0 Å². The third kappa shape index (κ3) is 3.90. The fourth-order valence-electron chi connectivity index (χ4n) is 3.89. The van der Waals surface area contributed by atoms with Crippen molar-refractivity contribution in [1.29, 1.82) is 0 Å². The number of aliphatic imine (C=N–C) groups is 1. The minimum absolute atomic E-state index is 0.472. The van der Waals surface area contributed by atoms with E-state index in [2.05, 4.69) is 47.3 Å². The number of β-amino-alcohol motifs (C(OH)–C–C–N with tert-alkyl or cyclic N) is 1. The summed E-state index contributed by atoms with van der Waals surface area (Å²) < 4.78 is 5.48. The van der Waals surface area contributed by atoms with Crippen LogP contribution in [-0.2, 0) is 6.42 Å². The van der Waals surface area contributed by atoms with Crippen molar-refractivity contribution in [2.24, 2.45) is 4.99 Å². The van der Waals surface area contributed by atoms with Crippen molar-refractivity contribution >= 4 is 17.7 Å². The first-order valence-corrected chi connectivity index (χ1v) is 9.81. The predicted octanol–water partition coefficient (Wildman–Crippen LogP) is 4.20. The third-order valence-corrected chi connectivity index (χ3v) is 5.74. The number of allylic oxidation sites excluding steroid dienone is 1. The molecule has 5 heteroatoms. The number of fused-ring (bicyclic) bond motifs is 1. The fourth-order valence-corrected chi connectivity index (χ4v) is 3.89. The minimum Gasteiger partial charge on any atom is -0.460 e. The average molecular weight is 377 g/mol. The first-order valence-electron chi connectivity index (χ1n) is 9.81. The molecule has 28 heavy (non-hydrogen) atoms. The molecule has 2 aliphatic rings. The number of likely N-dealkylation sites (tertiary alicyclic amines) is 1. The molecule has 0 bridgehead atoms. The van der Waals surface area contributed by atoms with Crippen LogP contribution in [0.2, 0.25) is 0 Å². The SMILES string of the molecule is C=C1c2occc2N=CN1CC1(O)CCN(C(=C)CCc2ccccc2)CC1. The Labute approximate surface area is 166 Å². The lowest BCUT2D eigenvalue weighted by atomic mass is 9.90. The van der Waals surface area contributed by atoms with Gasteiger partial charge in [0.2, 0.25) is 0 Å². The van der Waals surface area contributed by atoms with E-state index in [4.69, 9.17) is 4.42 Å². The maximum Gasteiger partial charge on any atom is 0.175 e. The van der Waals surface area contributed by atoms with E-state index in [1.165, 1.54) is 5.56 Å². The van der Waals surface area contributed by atoms with Crippen molar-refractivity contribution in [2.75, 3.05) is 19.6 Å². The summed E-state index contributed by atoms with van der Waals surface area (Å²) in [6.45, 7) is 10.5. The van der Waals surface area contributed by atoms with Crippen molar-refractivity contribution in [2.45, 2.75) is 31.3 Å². The number of piperidine rings is 1. The monoisotopic (exact) mass is 377 g/mol. The summed E-state index contributed by atoms with van der Waals surface area (Å²) in [5.74, 6) is 0.679. The lowest BCUT2D eigenvalue weighted by Crippen LogP contribution is -2.50. The summed E-state index contributed by atoms with van der Waals surface area (Å²) in [6, 6.07) is 12.3. The van der Waals surface area contributed by atoms with Crippen molar-refractivity contribution < 1.29 is 9.52 Å². The maximum atomic E-state index is 11.1. The Morgan fingerprint density at radius 2 is 1.93 bits per heavy atom. The molecule has 3 heterocycles. The molecular formula is C23H27N3O2. The molecule has 1 N–H and O–H groups in total. The molecule has 2 aromatic rings. The Bertz CT molecular complexity index is 876. The van der Waals surface area contributed by atoms with E-state index >= 15 is 0 Å². The predicted molar refractivity (Wildman–Crippen MR) is 112 cm³/mol. The minimum atomic E-state index is -0.769. The van der Waals surface area contributed by atoms with Crippen LogP contribution in [0.3, 0.4) is 0 Å². The molecule has 146 valence electrons. The second kappa shape index (κ2) is 7.68. The van der Waals surface area contributed by atoms with Crippen LogP contribution in [0.1, 0.15) is 30.6 Å². The van der Waals surface area contributed by atoms with Crippen molar-refractivity contribution in [3.63, 3.8) is 0 Å². The molecule has 0 aliphatic carbocycles. The van der Waals surface area contributed by atoms with Gasteiger partial charge in [0.15, 0.2) is 5.76 Å². The molecule has 1 aromatic heterocycles. The van der Waals surface area contributed by atoms with Gasteiger partial charge in [0.05, 0.1) is 30.4 Å². The molecular weight excluding hydrogens is 350 g/mol. The zero-order valence-electron chi connectivity index (χ0n) is 16.2. The molecule has 0 unspecified atom stereocenters. The van der Waals surface area contributed by atoms with Crippen molar-refractivity contribution in [3.05, 3.63) is 72.8 Å². The molecule has 1 fully saturated rings. The Hall–Kier alpha value is -2.79. The molecule has 2 aliphatic heterocycles. The number of hydrogen-bond donors (Lipinski definition) is 1. The van der Waals surface area contributed by atoms with Crippen molar-refractivity contribution in [1.82, 2.24) is 9.80 Å². The van der Waals surface area contributed by atoms with Gasteiger partial charge in [-0.3, -0.25) is 0 Å². The number of aliphatic hydroxyl groups is 1. The van der Waals surface area contributed by atoms with Gasteiger partial charge in [0.25, 0.3) is 0 Å². The zero-order chi connectivity index (χ0) is 19.6. The van der Waals surface area contributed by atoms with Gasteiger partial charge in [0, 0.05) is 24.9 Å². The molecule has 4 rings (SSSR count). The molecule has 0 amide bonds. The zero-order valence-corrected chi connectivity index (χ0v) is 16.2. The van der Waals surface area contributed by atoms with E-state index in [1.54, 1.807) is 12.6 Å². The van der Waals surface area contributed by atoms with Crippen LogP contribution < -0.4 is 0 Å². The fraction of sp³-hybridized carbons (Fsp3) is 0.348. The summed E-state index contributed by atoms with van der Waals surface area (Å²) in [5, 5.41) is 11.1. The molecule has 0 spiro atoms. The van der Waals surface area contributed by atoms with Crippen LogP contribution in [0.15, 0.2) is 70.9 Å². The highest BCUT2D eigenvalue weighted by molar-refractivity contribution is 5.84. The Morgan fingerprint density at radius 1 is 1.18 bits per heavy atom. The summed E-state index contributed by atoms with van der Waals surface area (Å²) >= 11 is 0. The summed E-state index contributed by atoms with van der Waals surface area (Å²) in [5.41, 5.74) is 3.25. The number of hydrogen-bond acceptors (Lipinski definition) is 5. The molecule has 0 radical (unpaired) electrons. The largest absolute Gasteiger partial charge is 0.460 e. The van der Waals surface area contributed by atoms with Gasteiger partial charge in [-0.15, -0.1) is 0 Å². The van der Waals surface area contributed by atoms with Crippen LogP contribution in [0.25, 0.3) is 5.70 Å². The van der Waals surface area contributed by atoms with E-state index in [1.807, 2.05) is 17.0 Å². The Kier molecular flexibility index (Phi) is 5.09. The summed E-state index contributed by atoms with van der Waals surface area (Å²) in [7, 11) is 0. The highest BCUT2D eigenvalue weighted by Gasteiger charge is 2.35. The molecule has 1 aromatic carbocycles. The van der Waals surface area contributed by atoms with Crippen LogP contribution >= 0.6 is 0 Å². The van der Waals surface area contributed by atoms with Gasteiger partial charge in [-0.25, -0.2) is 4.99 Å². The second-order valence-electron chi connectivity index (χ2n) is 7.72. The summed E-state index contributed by atoms with van der Waals surface area (Å²) in [4.78, 5) is 8.59. The standard InChI is InChI=1S/C23H27N3O2/c1-18(8-9-20-6-4-3-5-7-20)25-13-11-23(27,12-14-25)16-26-17-24-21-10-15-28-22(21)19(26)2/h3-7,10,15,17,27H,1-2,8-9,11-14,16H2. The first-order chi connectivity index (χ1) is 13.5. The van der Waals surface area contributed by atoms with Crippen LogP contribution in [0.5, 0.6) is 0 Å². The van der Waals surface area contributed by atoms with Gasteiger partial charge in [-0.2, -0.15) is 0 Å². The van der Waals surface area contributed by atoms with Crippen molar-refractivity contribution in [3.8, 4) is 0 Å². The number of nitrogens with zero attached hydrogens (tertiary/aromatic N) is 3. The maximum absolute atomic E-state index is 11.1. The highest BCUT2D eigenvalue weighted by Crippen LogP contribution is 2.34. The van der Waals surface area contributed by atoms with Crippen LogP contribution in [0, 0.1) is 0 Å². The molecule has 1 saturated heterocycles. The lowest BCUT2D eigenvalue weighted by Gasteiger charge is -2.42. The van der Waals surface area contributed by atoms with Gasteiger partial charge in [-0.05, 0) is 31.2 Å².